The monoisotopic (exact) mass is 321 g/mol. The predicted octanol–water partition coefficient (Wildman–Crippen LogP) is 3.80. The third-order valence-corrected chi connectivity index (χ3v) is 4.32. The SMILES string of the molecule is Cc1cc(C)cc(OCCN(C)c2snc(Cl)c2C#N)c1. The lowest BCUT2D eigenvalue weighted by atomic mass is 10.1. The number of aromatic nitrogens is 1. The van der Waals surface area contributed by atoms with Gasteiger partial charge in [0.05, 0.1) is 6.54 Å². The molecule has 21 heavy (non-hydrogen) atoms. The molecule has 1 aromatic carbocycles. The fourth-order valence-electron chi connectivity index (χ4n) is 2.04. The zero-order valence-electron chi connectivity index (χ0n) is 12.2. The Kier molecular flexibility index (Phi) is 5.05. The fraction of sp³-hybridized carbons (Fsp3) is 0.333. The molecule has 0 fully saturated rings. The van der Waals surface area contributed by atoms with Crippen LogP contribution in [0.15, 0.2) is 18.2 Å². The van der Waals surface area contributed by atoms with Crippen molar-refractivity contribution in [1.82, 2.24) is 4.37 Å². The molecule has 110 valence electrons. The first-order valence-corrected chi connectivity index (χ1v) is 7.64. The van der Waals surface area contributed by atoms with Crippen molar-refractivity contribution < 1.29 is 4.74 Å². The van der Waals surface area contributed by atoms with Gasteiger partial charge in [-0.2, -0.15) is 9.64 Å². The lowest BCUT2D eigenvalue weighted by Gasteiger charge is -2.17. The molecule has 0 amide bonds. The van der Waals surface area contributed by atoms with E-state index in [1.807, 2.05) is 37.9 Å². The number of hydrogen-bond donors (Lipinski definition) is 0. The minimum atomic E-state index is 0.263. The molecular formula is C15H16ClN3OS. The van der Waals surface area contributed by atoms with E-state index in [-0.39, 0.29) is 5.15 Å². The van der Waals surface area contributed by atoms with Gasteiger partial charge in [0, 0.05) is 7.05 Å². The Hall–Kier alpha value is -1.77. The molecule has 2 aromatic rings. The van der Waals surface area contributed by atoms with Crippen LogP contribution in [0.3, 0.4) is 0 Å². The van der Waals surface area contributed by atoms with Crippen molar-refractivity contribution in [1.29, 1.82) is 5.26 Å². The number of ether oxygens (including phenoxy) is 1. The van der Waals surface area contributed by atoms with Crippen LogP contribution in [0.2, 0.25) is 5.15 Å². The van der Waals surface area contributed by atoms with Gasteiger partial charge in [-0.3, -0.25) is 0 Å². The quantitative estimate of drug-likeness (QED) is 0.840. The number of nitriles is 1. The summed E-state index contributed by atoms with van der Waals surface area (Å²) in [6, 6.07) is 8.21. The maximum absolute atomic E-state index is 9.08. The minimum Gasteiger partial charge on any atom is -0.492 e. The lowest BCUT2D eigenvalue weighted by molar-refractivity contribution is 0.326. The largest absolute Gasteiger partial charge is 0.492 e. The van der Waals surface area contributed by atoms with Crippen LogP contribution in [0, 0.1) is 25.2 Å². The summed E-state index contributed by atoms with van der Waals surface area (Å²) in [5.74, 6) is 0.865. The molecule has 2 rings (SSSR count). The van der Waals surface area contributed by atoms with E-state index in [9.17, 15) is 0 Å². The molecule has 0 bridgehead atoms. The van der Waals surface area contributed by atoms with Gasteiger partial charge in [-0.15, -0.1) is 0 Å². The van der Waals surface area contributed by atoms with E-state index in [2.05, 4.69) is 16.5 Å². The van der Waals surface area contributed by atoms with Crippen LogP contribution in [0.1, 0.15) is 16.7 Å². The third kappa shape index (κ3) is 3.87. The van der Waals surface area contributed by atoms with Crippen molar-refractivity contribution in [2.24, 2.45) is 0 Å². The first kappa shape index (κ1) is 15.6. The molecule has 4 nitrogen and oxygen atoms in total. The molecule has 1 heterocycles. The van der Waals surface area contributed by atoms with Crippen LogP contribution in [0.4, 0.5) is 5.00 Å². The average molecular weight is 322 g/mol. The minimum absolute atomic E-state index is 0.263. The van der Waals surface area contributed by atoms with Crippen molar-refractivity contribution >= 4 is 28.1 Å². The number of nitrogens with zero attached hydrogens (tertiary/aromatic N) is 3. The number of rotatable bonds is 5. The van der Waals surface area contributed by atoms with Crippen LogP contribution < -0.4 is 9.64 Å². The van der Waals surface area contributed by atoms with Crippen LogP contribution >= 0.6 is 23.1 Å². The number of likely N-dealkylation sites (N-methyl/N-ethyl adjacent to an activating group) is 1. The zero-order chi connectivity index (χ0) is 15.4. The van der Waals surface area contributed by atoms with Crippen molar-refractivity contribution in [3.63, 3.8) is 0 Å². The van der Waals surface area contributed by atoms with Gasteiger partial charge in [0.15, 0.2) is 5.15 Å². The molecule has 0 aliphatic rings. The highest BCUT2D eigenvalue weighted by atomic mass is 35.5. The van der Waals surface area contributed by atoms with Crippen molar-refractivity contribution in [2.75, 3.05) is 25.1 Å². The van der Waals surface area contributed by atoms with Gasteiger partial charge >= 0.3 is 0 Å². The fourth-order valence-corrected chi connectivity index (χ4v) is 3.05. The first-order chi connectivity index (χ1) is 10.0. The molecule has 0 N–H and O–H groups in total. The second-order valence-corrected chi connectivity index (χ2v) is 5.97. The second kappa shape index (κ2) is 6.79. The summed E-state index contributed by atoms with van der Waals surface area (Å²) in [4.78, 5) is 1.94. The Labute approximate surface area is 133 Å². The molecule has 0 saturated carbocycles. The zero-order valence-corrected chi connectivity index (χ0v) is 13.8. The van der Waals surface area contributed by atoms with Crippen LogP contribution in [0.5, 0.6) is 5.75 Å². The summed E-state index contributed by atoms with van der Waals surface area (Å²) in [6.07, 6.45) is 0. The van der Waals surface area contributed by atoms with Crippen molar-refractivity contribution in [3.05, 3.63) is 40.0 Å². The highest BCUT2D eigenvalue weighted by Crippen LogP contribution is 2.30. The predicted molar refractivity (Wildman–Crippen MR) is 86.5 cm³/mol. The molecule has 0 saturated heterocycles. The highest BCUT2D eigenvalue weighted by molar-refractivity contribution is 7.10. The second-order valence-electron chi connectivity index (χ2n) is 4.86. The number of halogens is 1. The Morgan fingerprint density at radius 1 is 1.33 bits per heavy atom. The molecule has 0 aliphatic heterocycles. The van der Waals surface area contributed by atoms with Gasteiger partial charge in [-0.25, -0.2) is 0 Å². The smallest absolute Gasteiger partial charge is 0.162 e. The molecule has 0 unspecified atom stereocenters. The van der Waals surface area contributed by atoms with Gasteiger partial charge in [0.1, 0.15) is 29.0 Å². The summed E-state index contributed by atoms with van der Waals surface area (Å²) in [5, 5.41) is 10.1. The van der Waals surface area contributed by atoms with E-state index >= 15 is 0 Å². The molecule has 6 heteroatoms. The number of aryl methyl sites for hydroxylation is 2. The lowest BCUT2D eigenvalue weighted by Crippen LogP contribution is -2.23. The molecule has 0 aliphatic carbocycles. The Morgan fingerprint density at radius 2 is 2.00 bits per heavy atom. The van der Waals surface area contributed by atoms with Gasteiger partial charge in [-0.1, -0.05) is 17.7 Å². The Morgan fingerprint density at radius 3 is 2.62 bits per heavy atom. The third-order valence-electron chi connectivity index (χ3n) is 2.98. The van der Waals surface area contributed by atoms with Crippen LogP contribution in [-0.4, -0.2) is 24.6 Å². The maximum atomic E-state index is 9.08. The number of anilines is 1. The van der Waals surface area contributed by atoms with E-state index in [4.69, 9.17) is 21.6 Å². The van der Waals surface area contributed by atoms with E-state index < -0.39 is 0 Å². The maximum Gasteiger partial charge on any atom is 0.162 e. The van der Waals surface area contributed by atoms with Gasteiger partial charge in [-0.05, 0) is 48.6 Å². The summed E-state index contributed by atoms with van der Waals surface area (Å²) >= 11 is 7.10. The summed E-state index contributed by atoms with van der Waals surface area (Å²) in [5.41, 5.74) is 2.79. The van der Waals surface area contributed by atoms with Gasteiger partial charge < -0.3 is 9.64 Å². The van der Waals surface area contributed by atoms with E-state index in [1.54, 1.807) is 0 Å². The molecule has 0 spiro atoms. The van der Waals surface area contributed by atoms with Gasteiger partial charge in [0.25, 0.3) is 0 Å². The van der Waals surface area contributed by atoms with E-state index in [0.717, 1.165) is 10.8 Å². The Bertz CT molecular complexity index is 658. The topological polar surface area (TPSA) is 49.1 Å². The number of hydrogen-bond acceptors (Lipinski definition) is 5. The van der Waals surface area contributed by atoms with Crippen LogP contribution in [0.25, 0.3) is 0 Å². The first-order valence-electron chi connectivity index (χ1n) is 6.48. The Balaban J connectivity index is 1.95. The van der Waals surface area contributed by atoms with E-state index in [0.29, 0.717) is 18.7 Å². The molecule has 1 aromatic heterocycles. The standard InChI is InChI=1S/C15H16ClN3OS/c1-10-6-11(2)8-12(7-10)20-5-4-19(3)15-13(9-17)14(16)18-21-15/h6-8H,4-5H2,1-3H3. The van der Waals surface area contributed by atoms with Crippen molar-refractivity contribution in [3.8, 4) is 11.8 Å². The summed E-state index contributed by atoms with van der Waals surface area (Å²) < 4.78 is 9.77. The summed E-state index contributed by atoms with van der Waals surface area (Å²) in [6.45, 7) is 5.27. The molecule has 0 radical (unpaired) electrons. The normalized spacial score (nSPS) is 10.2. The summed E-state index contributed by atoms with van der Waals surface area (Å²) in [7, 11) is 1.90. The van der Waals surface area contributed by atoms with Gasteiger partial charge in [0.2, 0.25) is 0 Å². The average Bonchev–Trinajstić information content (AvgIpc) is 2.78. The van der Waals surface area contributed by atoms with E-state index in [1.165, 1.54) is 22.7 Å². The molecule has 0 atom stereocenters. The van der Waals surface area contributed by atoms with Crippen LogP contribution in [-0.2, 0) is 0 Å². The molecular weight excluding hydrogens is 306 g/mol. The van der Waals surface area contributed by atoms with Crippen molar-refractivity contribution in [2.45, 2.75) is 13.8 Å². The highest BCUT2D eigenvalue weighted by Gasteiger charge is 2.15. The number of benzene rings is 1.